The van der Waals surface area contributed by atoms with Crippen LogP contribution in [0.15, 0.2) is 29.8 Å². The van der Waals surface area contributed by atoms with E-state index in [1.165, 1.54) is 5.56 Å². The fraction of sp³-hybridized carbons (Fsp3) is 0.550. The Kier molecular flexibility index (Phi) is 3.56. The largest absolute Gasteiger partial charge is 0.395 e. The summed E-state index contributed by atoms with van der Waals surface area (Å²) in [6.07, 6.45) is 4.92. The van der Waals surface area contributed by atoms with E-state index >= 15 is 0 Å². The minimum absolute atomic E-state index is 0.103. The van der Waals surface area contributed by atoms with Crippen molar-refractivity contribution in [2.75, 3.05) is 6.61 Å². The zero-order valence-corrected chi connectivity index (χ0v) is 14.1. The van der Waals surface area contributed by atoms with E-state index < -0.39 is 0 Å². The summed E-state index contributed by atoms with van der Waals surface area (Å²) in [6, 6.07) is 6.39. The summed E-state index contributed by atoms with van der Waals surface area (Å²) in [6.45, 7) is 8.76. The van der Waals surface area contributed by atoms with E-state index in [0.29, 0.717) is 5.92 Å². The number of hydrogen-bond donors (Lipinski definition) is 1. The first-order valence-corrected chi connectivity index (χ1v) is 8.34. The molecule has 1 N–H and O–H groups in total. The maximum absolute atomic E-state index is 12.7. The Bertz CT molecular complexity index is 656. The van der Waals surface area contributed by atoms with E-state index in [2.05, 4.69) is 45.9 Å². The van der Waals surface area contributed by atoms with Crippen molar-refractivity contribution in [3.05, 3.63) is 46.5 Å². The molecule has 0 aliphatic heterocycles. The van der Waals surface area contributed by atoms with E-state index in [4.69, 9.17) is 0 Å². The van der Waals surface area contributed by atoms with Gasteiger partial charge in [0.1, 0.15) is 0 Å². The van der Waals surface area contributed by atoms with Gasteiger partial charge in [0.15, 0.2) is 5.78 Å². The third-order valence-corrected chi connectivity index (χ3v) is 5.84. The van der Waals surface area contributed by atoms with Crippen molar-refractivity contribution >= 4 is 5.78 Å². The Balaban J connectivity index is 2.19. The molecule has 3 rings (SSSR count). The van der Waals surface area contributed by atoms with Crippen molar-refractivity contribution in [3.63, 3.8) is 0 Å². The molecule has 0 spiro atoms. The molecule has 0 unspecified atom stereocenters. The molecule has 2 aliphatic rings. The number of carbonyl (C=O) groups excluding carboxylic acids is 1. The van der Waals surface area contributed by atoms with Crippen molar-refractivity contribution in [2.24, 2.45) is 5.41 Å². The summed E-state index contributed by atoms with van der Waals surface area (Å²) >= 11 is 0. The molecule has 1 aromatic rings. The Labute approximate surface area is 133 Å². The highest BCUT2D eigenvalue weighted by molar-refractivity contribution is 6.08. The summed E-state index contributed by atoms with van der Waals surface area (Å²) < 4.78 is 0. The third-order valence-electron chi connectivity index (χ3n) is 5.84. The van der Waals surface area contributed by atoms with E-state index in [1.54, 1.807) is 0 Å². The van der Waals surface area contributed by atoms with E-state index in [-0.39, 0.29) is 23.2 Å². The Morgan fingerprint density at radius 1 is 1.23 bits per heavy atom. The summed E-state index contributed by atoms with van der Waals surface area (Å²) in [5.41, 5.74) is 3.97. The van der Waals surface area contributed by atoms with Crippen LogP contribution >= 0.6 is 0 Å². The molecular formula is C20H26O2. The summed E-state index contributed by atoms with van der Waals surface area (Å²) in [7, 11) is 0. The van der Waals surface area contributed by atoms with Gasteiger partial charge >= 0.3 is 0 Å². The minimum Gasteiger partial charge on any atom is -0.395 e. The normalized spacial score (nSPS) is 30.8. The van der Waals surface area contributed by atoms with Crippen LogP contribution in [0.25, 0.3) is 0 Å². The van der Waals surface area contributed by atoms with Crippen LogP contribution in [0.3, 0.4) is 0 Å². The highest BCUT2D eigenvalue weighted by Crippen LogP contribution is 2.54. The number of ketones is 1. The van der Waals surface area contributed by atoms with E-state index in [9.17, 15) is 9.90 Å². The standard InChI is InChI=1S/C20H26O2/c1-13(2)14-6-7-16-15(10-14)17(22)11-18-19(3,12-21)8-5-9-20(16,18)4/h6-7,10-11,13,21H,5,8-9,12H2,1-4H3/t19-,20+/m0/s1. The molecule has 0 amide bonds. The summed E-state index contributed by atoms with van der Waals surface area (Å²) in [5.74, 6) is 0.525. The molecular weight excluding hydrogens is 272 g/mol. The maximum Gasteiger partial charge on any atom is 0.186 e. The second kappa shape index (κ2) is 5.06. The number of allylic oxidation sites excluding steroid dienone is 1. The van der Waals surface area contributed by atoms with Crippen LogP contribution in [-0.2, 0) is 5.41 Å². The summed E-state index contributed by atoms with van der Waals surface area (Å²) in [4.78, 5) is 12.7. The Morgan fingerprint density at radius 3 is 2.59 bits per heavy atom. The predicted molar refractivity (Wildman–Crippen MR) is 89.3 cm³/mol. The highest BCUT2D eigenvalue weighted by Gasteiger charge is 2.48. The zero-order valence-electron chi connectivity index (χ0n) is 14.1. The average molecular weight is 298 g/mol. The van der Waals surface area contributed by atoms with E-state index in [0.717, 1.165) is 36.0 Å². The number of hydrogen-bond acceptors (Lipinski definition) is 2. The van der Waals surface area contributed by atoms with Crippen molar-refractivity contribution in [1.82, 2.24) is 0 Å². The van der Waals surface area contributed by atoms with Crippen LogP contribution in [0.4, 0.5) is 0 Å². The number of carbonyl (C=O) groups is 1. The monoisotopic (exact) mass is 298 g/mol. The molecule has 1 fully saturated rings. The predicted octanol–water partition coefficient (Wildman–Crippen LogP) is 4.37. The van der Waals surface area contributed by atoms with Gasteiger partial charge in [0.05, 0.1) is 6.61 Å². The Hall–Kier alpha value is -1.41. The van der Waals surface area contributed by atoms with Gasteiger partial charge in [0, 0.05) is 16.4 Å². The number of aliphatic hydroxyl groups excluding tert-OH is 1. The lowest BCUT2D eigenvalue weighted by atomic mass is 9.55. The second-order valence-electron chi connectivity index (χ2n) is 7.79. The first-order chi connectivity index (χ1) is 10.3. The fourth-order valence-corrected chi connectivity index (χ4v) is 4.36. The van der Waals surface area contributed by atoms with Gasteiger partial charge < -0.3 is 5.11 Å². The molecule has 0 saturated heterocycles. The second-order valence-corrected chi connectivity index (χ2v) is 7.79. The molecule has 1 aromatic carbocycles. The van der Waals surface area contributed by atoms with Crippen molar-refractivity contribution in [1.29, 1.82) is 0 Å². The molecule has 2 nitrogen and oxygen atoms in total. The zero-order chi connectivity index (χ0) is 16.1. The smallest absolute Gasteiger partial charge is 0.186 e. The Morgan fingerprint density at radius 2 is 1.95 bits per heavy atom. The van der Waals surface area contributed by atoms with Gasteiger partial charge in [0.2, 0.25) is 0 Å². The molecule has 118 valence electrons. The molecule has 0 aromatic heterocycles. The number of benzene rings is 1. The van der Waals surface area contributed by atoms with Gasteiger partial charge in [-0.3, -0.25) is 4.79 Å². The van der Waals surface area contributed by atoms with Gasteiger partial charge in [-0.1, -0.05) is 46.2 Å². The van der Waals surface area contributed by atoms with Gasteiger partial charge in [-0.15, -0.1) is 0 Å². The molecule has 0 heterocycles. The third kappa shape index (κ3) is 2.08. The first kappa shape index (κ1) is 15.5. The van der Waals surface area contributed by atoms with Gasteiger partial charge in [0.25, 0.3) is 0 Å². The van der Waals surface area contributed by atoms with Crippen molar-refractivity contribution in [3.8, 4) is 0 Å². The van der Waals surface area contributed by atoms with Crippen LogP contribution in [0.2, 0.25) is 0 Å². The quantitative estimate of drug-likeness (QED) is 0.880. The topological polar surface area (TPSA) is 37.3 Å². The van der Waals surface area contributed by atoms with Gasteiger partial charge in [-0.05, 0) is 47.6 Å². The van der Waals surface area contributed by atoms with Crippen LogP contribution < -0.4 is 0 Å². The van der Waals surface area contributed by atoms with Gasteiger partial charge in [-0.25, -0.2) is 0 Å². The molecule has 2 atom stereocenters. The molecule has 2 heteroatoms. The molecule has 0 bridgehead atoms. The maximum atomic E-state index is 12.7. The number of aliphatic hydroxyl groups is 1. The minimum atomic E-state index is -0.267. The molecule has 1 saturated carbocycles. The van der Waals surface area contributed by atoms with Crippen LogP contribution in [-0.4, -0.2) is 17.5 Å². The SMILES string of the molecule is CC(C)c1ccc2c(c1)C(=O)C=C1[C@](C)(CO)CCC[C@@]12C. The lowest BCUT2D eigenvalue weighted by Crippen LogP contribution is -2.44. The molecule has 2 aliphatic carbocycles. The van der Waals surface area contributed by atoms with Crippen molar-refractivity contribution in [2.45, 2.75) is 58.3 Å². The first-order valence-electron chi connectivity index (χ1n) is 8.34. The van der Waals surface area contributed by atoms with Crippen LogP contribution in [0, 0.1) is 5.41 Å². The fourth-order valence-electron chi connectivity index (χ4n) is 4.36. The van der Waals surface area contributed by atoms with E-state index in [1.807, 2.05) is 6.08 Å². The number of rotatable bonds is 2. The lowest BCUT2D eigenvalue weighted by molar-refractivity contribution is 0.0992. The van der Waals surface area contributed by atoms with Crippen LogP contribution in [0.5, 0.6) is 0 Å². The van der Waals surface area contributed by atoms with Crippen LogP contribution in [0.1, 0.15) is 74.4 Å². The highest BCUT2D eigenvalue weighted by atomic mass is 16.3. The molecule has 0 radical (unpaired) electrons. The average Bonchev–Trinajstić information content (AvgIpc) is 2.49. The summed E-state index contributed by atoms with van der Waals surface area (Å²) in [5, 5.41) is 9.90. The van der Waals surface area contributed by atoms with Gasteiger partial charge in [-0.2, -0.15) is 0 Å². The van der Waals surface area contributed by atoms with Crippen molar-refractivity contribution < 1.29 is 9.90 Å². The number of fused-ring (bicyclic) bond motifs is 3. The molecule has 22 heavy (non-hydrogen) atoms. The lowest BCUT2D eigenvalue weighted by Gasteiger charge is -2.49.